The smallest absolute Gasteiger partial charge is 0.412 e. The monoisotopic (exact) mass is 200 g/mol. The van der Waals surface area contributed by atoms with E-state index in [0.29, 0.717) is 0 Å². The van der Waals surface area contributed by atoms with Crippen molar-refractivity contribution >= 4 is 11.9 Å². The lowest BCUT2D eigenvalue weighted by atomic mass is 10.4. The number of aliphatic hydroxyl groups excluding tert-OH is 1. The maximum Gasteiger partial charge on any atom is 0.412 e. The third-order valence-electron chi connectivity index (χ3n) is 1.27. The largest absolute Gasteiger partial charge is 0.447 e. The molecule has 0 radical (unpaired) electrons. The third-order valence-corrected chi connectivity index (χ3v) is 1.27. The number of amides is 1. The van der Waals surface area contributed by atoms with Crippen LogP contribution in [0.15, 0.2) is 18.2 Å². The van der Waals surface area contributed by atoms with Crippen molar-refractivity contribution in [2.45, 2.75) is 0 Å². The number of nitrogens with one attached hydrogen (secondary N) is 1. The average molecular weight is 200 g/mol. The number of halogens is 1. The second-order valence-corrected chi connectivity index (χ2v) is 2.33. The molecule has 1 aromatic rings. The van der Waals surface area contributed by atoms with Gasteiger partial charge in [0.25, 0.3) is 0 Å². The van der Waals surface area contributed by atoms with Crippen LogP contribution < -0.4 is 5.32 Å². The van der Waals surface area contributed by atoms with Gasteiger partial charge in [-0.25, -0.2) is 9.78 Å². The molecule has 14 heavy (non-hydrogen) atoms. The number of carbonyl (C=O) groups is 1. The number of hydrogen-bond acceptors (Lipinski definition) is 4. The first-order valence-electron chi connectivity index (χ1n) is 3.89. The van der Waals surface area contributed by atoms with E-state index in [1.165, 1.54) is 12.1 Å². The number of aromatic nitrogens is 1. The quantitative estimate of drug-likeness (QED) is 0.706. The molecule has 0 spiro atoms. The first-order valence-corrected chi connectivity index (χ1v) is 3.89. The van der Waals surface area contributed by atoms with Crippen molar-refractivity contribution in [3.8, 4) is 0 Å². The molecule has 0 atom stereocenters. The van der Waals surface area contributed by atoms with E-state index in [1.807, 2.05) is 0 Å². The maximum absolute atomic E-state index is 12.5. The Balaban J connectivity index is 2.47. The maximum atomic E-state index is 12.5. The van der Waals surface area contributed by atoms with Gasteiger partial charge in [-0.15, -0.1) is 0 Å². The molecule has 1 rings (SSSR count). The van der Waals surface area contributed by atoms with Crippen LogP contribution >= 0.6 is 0 Å². The van der Waals surface area contributed by atoms with Crippen molar-refractivity contribution in [3.63, 3.8) is 0 Å². The van der Waals surface area contributed by atoms with Crippen molar-refractivity contribution in [2.24, 2.45) is 0 Å². The summed E-state index contributed by atoms with van der Waals surface area (Å²) in [4.78, 5) is 14.3. The summed E-state index contributed by atoms with van der Waals surface area (Å²) in [7, 11) is 0. The van der Waals surface area contributed by atoms with Gasteiger partial charge in [0.1, 0.15) is 12.4 Å². The highest BCUT2D eigenvalue weighted by Crippen LogP contribution is 2.03. The first-order chi connectivity index (χ1) is 6.72. The fourth-order valence-corrected chi connectivity index (χ4v) is 0.757. The molecule has 1 aromatic heterocycles. The van der Waals surface area contributed by atoms with Crippen LogP contribution in [0, 0.1) is 5.95 Å². The van der Waals surface area contributed by atoms with Gasteiger partial charge in [0.2, 0.25) is 5.95 Å². The molecule has 0 aromatic carbocycles. The van der Waals surface area contributed by atoms with E-state index in [-0.39, 0.29) is 19.0 Å². The number of hydrogen-bond donors (Lipinski definition) is 2. The molecular weight excluding hydrogens is 191 g/mol. The predicted molar refractivity (Wildman–Crippen MR) is 46.3 cm³/mol. The van der Waals surface area contributed by atoms with Gasteiger partial charge in [0.05, 0.1) is 6.61 Å². The van der Waals surface area contributed by atoms with E-state index >= 15 is 0 Å². The summed E-state index contributed by atoms with van der Waals surface area (Å²) >= 11 is 0. The highest BCUT2D eigenvalue weighted by Gasteiger charge is 2.03. The van der Waals surface area contributed by atoms with Crippen molar-refractivity contribution in [2.75, 3.05) is 18.5 Å². The normalized spacial score (nSPS) is 9.57. The molecule has 2 N–H and O–H groups in total. The molecule has 0 aliphatic heterocycles. The van der Waals surface area contributed by atoms with Gasteiger partial charge in [-0.05, 0) is 12.1 Å². The summed E-state index contributed by atoms with van der Waals surface area (Å²) in [6, 6.07) is 3.98. The van der Waals surface area contributed by atoms with Crippen LogP contribution in [-0.4, -0.2) is 29.4 Å². The molecule has 1 amide bonds. The lowest BCUT2D eigenvalue weighted by molar-refractivity contribution is 0.131. The van der Waals surface area contributed by atoms with E-state index in [9.17, 15) is 9.18 Å². The number of carbonyl (C=O) groups excluding carboxylic acids is 1. The van der Waals surface area contributed by atoms with Crippen LogP contribution in [0.2, 0.25) is 0 Å². The Morgan fingerprint density at radius 3 is 3.07 bits per heavy atom. The summed E-state index contributed by atoms with van der Waals surface area (Å²) in [6.45, 7) is -0.370. The highest BCUT2D eigenvalue weighted by molar-refractivity contribution is 5.83. The molecule has 0 fully saturated rings. The number of nitrogens with zero attached hydrogens (tertiary/aromatic N) is 1. The number of aliphatic hydroxyl groups is 1. The van der Waals surface area contributed by atoms with Crippen molar-refractivity contribution in [1.82, 2.24) is 4.98 Å². The third kappa shape index (κ3) is 3.36. The molecule has 0 saturated heterocycles. The summed E-state index contributed by atoms with van der Waals surface area (Å²) in [5.41, 5.74) is 0. The molecule has 0 unspecified atom stereocenters. The van der Waals surface area contributed by atoms with Crippen LogP contribution in [0.1, 0.15) is 0 Å². The van der Waals surface area contributed by atoms with Gasteiger partial charge in [-0.3, -0.25) is 5.32 Å². The van der Waals surface area contributed by atoms with Gasteiger partial charge in [0, 0.05) is 0 Å². The Bertz CT molecular complexity index is 319. The summed E-state index contributed by atoms with van der Waals surface area (Å²) in [5.74, 6) is -0.627. The lowest BCUT2D eigenvalue weighted by Gasteiger charge is -2.04. The van der Waals surface area contributed by atoms with Crippen LogP contribution in [0.5, 0.6) is 0 Å². The summed E-state index contributed by atoms with van der Waals surface area (Å²) in [6.07, 6.45) is -0.780. The highest BCUT2D eigenvalue weighted by atomic mass is 19.1. The minimum absolute atomic E-state index is 0.0629. The second kappa shape index (κ2) is 5.13. The van der Waals surface area contributed by atoms with Gasteiger partial charge < -0.3 is 9.84 Å². The van der Waals surface area contributed by atoms with Crippen LogP contribution in [0.4, 0.5) is 15.0 Å². The number of pyridine rings is 1. The van der Waals surface area contributed by atoms with Gasteiger partial charge in [-0.2, -0.15) is 4.39 Å². The van der Waals surface area contributed by atoms with E-state index in [2.05, 4.69) is 15.0 Å². The molecule has 76 valence electrons. The average Bonchev–Trinajstić information content (AvgIpc) is 2.15. The first kappa shape index (κ1) is 10.4. The van der Waals surface area contributed by atoms with Crippen molar-refractivity contribution in [3.05, 3.63) is 24.1 Å². The minimum Gasteiger partial charge on any atom is -0.447 e. The fraction of sp³-hybridized carbons (Fsp3) is 0.250. The van der Waals surface area contributed by atoms with E-state index in [4.69, 9.17) is 5.11 Å². The van der Waals surface area contributed by atoms with Crippen LogP contribution in [0.25, 0.3) is 0 Å². The van der Waals surface area contributed by atoms with Crippen molar-refractivity contribution < 1.29 is 19.0 Å². The molecule has 0 aliphatic rings. The number of ether oxygens (including phenoxy) is 1. The molecule has 5 nitrogen and oxygen atoms in total. The van der Waals surface area contributed by atoms with Gasteiger partial charge >= 0.3 is 6.09 Å². The number of anilines is 1. The molecule has 1 heterocycles. The molecular formula is C8H9FN2O3. The Hall–Kier alpha value is -1.69. The van der Waals surface area contributed by atoms with Crippen LogP contribution in [-0.2, 0) is 4.74 Å². The lowest BCUT2D eigenvalue weighted by Crippen LogP contribution is -2.16. The second-order valence-electron chi connectivity index (χ2n) is 2.33. The fourth-order valence-electron chi connectivity index (χ4n) is 0.757. The van der Waals surface area contributed by atoms with E-state index in [0.717, 1.165) is 6.07 Å². The topological polar surface area (TPSA) is 71.5 Å². The summed E-state index contributed by atoms with van der Waals surface area (Å²) < 4.78 is 17.0. The van der Waals surface area contributed by atoms with Gasteiger partial charge in [0.15, 0.2) is 0 Å². The Labute approximate surface area is 79.5 Å². The van der Waals surface area contributed by atoms with Crippen LogP contribution in [0.3, 0.4) is 0 Å². The Morgan fingerprint density at radius 2 is 2.43 bits per heavy atom. The number of rotatable bonds is 3. The zero-order valence-corrected chi connectivity index (χ0v) is 7.24. The minimum atomic E-state index is -0.780. The Kier molecular flexibility index (Phi) is 3.81. The zero-order chi connectivity index (χ0) is 10.4. The molecule has 0 bridgehead atoms. The van der Waals surface area contributed by atoms with Crippen molar-refractivity contribution in [1.29, 1.82) is 0 Å². The Morgan fingerprint density at radius 1 is 1.64 bits per heavy atom. The molecule has 6 heteroatoms. The molecule has 0 aliphatic carbocycles. The van der Waals surface area contributed by atoms with E-state index in [1.54, 1.807) is 0 Å². The standard InChI is InChI=1S/C8H9FN2O3/c9-6-2-1-3-7(10-6)11-8(13)14-5-4-12/h1-3,12H,4-5H2,(H,10,11,13). The molecule has 0 saturated carbocycles. The summed E-state index contributed by atoms with van der Waals surface area (Å²) in [5, 5.41) is 10.5. The van der Waals surface area contributed by atoms with E-state index < -0.39 is 12.0 Å². The van der Waals surface area contributed by atoms with Gasteiger partial charge in [-0.1, -0.05) is 6.07 Å². The predicted octanol–water partition coefficient (Wildman–Crippen LogP) is 0.761. The zero-order valence-electron chi connectivity index (χ0n) is 7.24. The SMILES string of the molecule is O=C(Nc1cccc(F)n1)OCCO.